The zero-order valence-corrected chi connectivity index (χ0v) is 10.3. The standard InChI is InChI=1S/C14H16OS/c1-15-13-9-7-12(8-10-13)4-2-5-14-6-3-11-16-14/h3,6-11H,2,4-5H2,1H3. The van der Waals surface area contributed by atoms with Crippen LogP contribution in [-0.2, 0) is 12.8 Å². The molecule has 0 bridgehead atoms. The molecule has 1 aromatic heterocycles. The number of hydrogen-bond acceptors (Lipinski definition) is 2. The van der Waals surface area contributed by atoms with Gasteiger partial charge in [0.25, 0.3) is 0 Å². The van der Waals surface area contributed by atoms with Crippen LogP contribution in [0.2, 0.25) is 0 Å². The second-order valence-corrected chi connectivity index (χ2v) is 4.81. The van der Waals surface area contributed by atoms with Gasteiger partial charge in [-0.2, -0.15) is 0 Å². The van der Waals surface area contributed by atoms with Gasteiger partial charge < -0.3 is 4.74 Å². The number of thiophene rings is 1. The van der Waals surface area contributed by atoms with Crippen LogP contribution in [0.3, 0.4) is 0 Å². The molecular weight excluding hydrogens is 216 g/mol. The summed E-state index contributed by atoms with van der Waals surface area (Å²) in [5.74, 6) is 0.932. The van der Waals surface area contributed by atoms with Crippen molar-refractivity contribution in [1.82, 2.24) is 0 Å². The van der Waals surface area contributed by atoms with Crippen molar-refractivity contribution in [3.63, 3.8) is 0 Å². The van der Waals surface area contributed by atoms with Crippen molar-refractivity contribution in [3.8, 4) is 5.75 Å². The van der Waals surface area contributed by atoms with E-state index in [9.17, 15) is 0 Å². The molecule has 0 atom stereocenters. The van der Waals surface area contributed by atoms with Gasteiger partial charge >= 0.3 is 0 Å². The first-order valence-electron chi connectivity index (χ1n) is 5.54. The molecule has 2 heteroatoms. The molecule has 2 rings (SSSR count). The van der Waals surface area contributed by atoms with Crippen LogP contribution in [-0.4, -0.2) is 7.11 Å². The highest BCUT2D eigenvalue weighted by Gasteiger charge is 1.97. The Labute approximate surface area is 101 Å². The molecule has 16 heavy (non-hydrogen) atoms. The molecule has 0 aliphatic carbocycles. The Morgan fingerprint density at radius 2 is 1.88 bits per heavy atom. The quantitative estimate of drug-likeness (QED) is 0.759. The summed E-state index contributed by atoms with van der Waals surface area (Å²) >= 11 is 1.84. The smallest absolute Gasteiger partial charge is 0.118 e. The summed E-state index contributed by atoms with van der Waals surface area (Å²) in [4.78, 5) is 1.48. The third kappa shape index (κ3) is 3.11. The van der Waals surface area contributed by atoms with Crippen molar-refractivity contribution in [2.24, 2.45) is 0 Å². The number of rotatable bonds is 5. The van der Waals surface area contributed by atoms with Crippen LogP contribution in [0.15, 0.2) is 41.8 Å². The van der Waals surface area contributed by atoms with Crippen molar-refractivity contribution < 1.29 is 4.74 Å². The van der Waals surface area contributed by atoms with Gasteiger partial charge in [0.1, 0.15) is 5.75 Å². The normalized spacial score (nSPS) is 10.3. The molecule has 0 fully saturated rings. The summed E-state index contributed by atoms with van der Waals surface area (Å²) < 4.78 is 5.13. The van der Waals surface area contributed by atoms with E-state index in [0.29, 0.717) is 0 Å². The number of ether oxygens (including phenoxy) is 1. The molecular formula is C14H16OS. The predicted molar refractivity (Wildman–Crippen MR) is 69.3 cm³/mol. The SMILES string of the molecule is COc1ccc(CCCc2cccs2)cc1. The molecule has 2 aromatic rings. The summed E-state index contributed by atoms with van der Waals surface area (Å²) in [5, 5.41) is 2.14. The molecule has 0 unspecified atom stereocenters. The Bertz CT molecular complexity index is 403. The van der Waals surface area contributed by atoms with E-state index >= 15 is 0 Å². The number of hydrogen-bond donors (Lipinski definition) is 0. The minimum Gasteiger partial charge on any atom is -0.497 e. The summed E-state index contributed by atoms with van der Waals surface area (Å²) in [6, 6.07) is 12.7. The highest BCUT2D eigenvalue weighted by molar-refractivity contribution is 7.09. The molecule has 1 heterocycles. The van der Waals surface area contributed by atoms with Crippen molar-refractivity contribution >= 4 is 11.3 Å². The van der Waals surface area contributed by atoms with Crippen LogP contribution >= 0.6 is 11.3 Å². The van der Waals surface area contributed by atoms with E-state index in [2.05, 4.69) is 29.6 Å². The van der Waals surface area contributed by atoms with E-state index in [4.69, 9.17) is 4.74 Å². The van der Waals surface area contributed by atoms with Crippen LogP contribution in [0.1, 0.15) is 16.9 Å². The van der Waals surface area contributed by atoms with Crippen LogP contribution < -0.4 is 4.74 Å². The fraction of sp³-hybridized carbons (Fsp3) is 0.286. The molecule has 0 saturated carbocycles. The van der Waals surface area contributed by atoms with E-state index in [1.54, 1.807) is 7.11 Å². The summed E-state index contributed by atoms with van der Waals surface area (Å²) in [6.45, 7) is 0. The van der Waals surface area contributed by atoms with Crippen LogP contribution in [0.4, 0.5) is 0 Å². The molecule has 0 amide bonds. The second-order valence-electron chi connectivity index (χ2n) is 3.78. The van der Waals surface area contributed by atoms with Gasteiger partial charge in [-0.05, 0) is 48.4 Å². The molecule has 0 aliphatic rings. The minimum absolute atomic E-state index is 0.932. The predicted octanol–water partition coefficient (Wildman–Crippen LogP) is 3.93. The highest BCUT2D eigenvalue weighted by Crippen LogP contribution is 2.15. The molecule has 0 saturated heterocycles. The van der Waals surface area contributed by atoms with Crippen LogP contribution in [0.5, 0.6) is 5.75 Å². The number of methoxy groups -OCH3 is 1. The topological polar surface area (TPSA) is 9.23 Å². The maximum absolute atomic E-state index is 5.13. The molecule has 1 aromatic carbocycles. The average Bonchev–Trinajstić information content (AvgIpc) is 2.83. The lowest BCUT2D eigenvalue weighted by molar-refractivity contribution is 0.414. The maximum atomic E-state index is 5.13. The second kappa shape index (κ2) is 5.71. The molecule has 0 spiro atoms. The fourth-order valence-corrected chi connectivity index (χ4v) is 2.47. The molecule has 0 aliphatic heterocycles. The van der Waals surface area contributed by atoms with E-state index in [-0.39, 0.29) is 0 Å². The van der Waals surface area contributed by atoms with E-state index in [1.165, 1.54) is 23.3 Å². The van der Waals surface area contributed by atoms with Gasteiger partial charge in [0.05, 0.1) is 7.11 Å². The van der Waals surface area contributed by atoms with Gasteiger partial charge in [-0.1, -0.05) is 18.2 Å². The first-order valence-corrected chi connectivity index (χ1v) is 6.42. The average molecular weight is 232 g/mol. The zero-order valence-electron chi connectivity index (χ0n) is 9.48. The summed E-state index contributed by atoms with van der Waals surface area (Å²) in [7, 11) is 1.70. The van der Waals surface area contributed by atoms with Crippen molar-refractivity contribution in [1.29, 1.82) is 0 Å². The first kappa shape index (κ1) is 11.2. The number of aryl methyl sites for hydroxylation is 2. The highest BCUT2D eigenvalue weighted by atomic mass is 32.1. The Hall–Kier alpha value is -1.28. The summed E-state index contributed by atoms with van der Waals surface area (Å²) in [6.07, 6.45) is 3.54. The lowest BCUT2D eigenvalue weighted by Crippen LogP contribution is -1.89. The van der Waals surface area contributed by atoms with Crippen molar-refractivity contribution in [3.05, 3.63) is 52.2 Å². The molecule has 1 nitrogen and oxygen atoms in total. The fourth-order valence-electron chi connectivity index (χ4n) is 1.71. The van der Waals surface area contributed by atoms with Gasteiger partial charge in [-0.3, -0.25) is 0 Å². The van der Waals surface area contributed by atoms with E-state index < -0.39 is 0 Å². The van der Waals surface area contributed by atoms with Gasteiger partial charge in [0, 0.05) is 4.88 Å². The van der Waals surface area contributed by atoms with E-state index in [1.807, 2.05) is 23.5 Å². The lowest BCUT2D eigenvalue weighted by atomic mass is 10.1. The lowest BCUT2D eigenvalue weighted by Gasteiger charge is -2.02. The summed E-state index contributed by atoms with van der Waals surface area (Å²) in [5.41, 5.74) is 1.39. The Morgan fingerprint density at radius 1 is 1.06 bits per heavy atom. The Balaban J connectivity index is 1.81. The Morgan fingerprint density at radius 3 is 2.50 bits per heavy atom. The molecule has 0 radical (unpaired) electrons. The monoisotopic (exact) mass is 232 g/mol. The molecule has 84 valence electrons. The third-order valence-electron chi connectivity index (χ3n) is 2.63. The van der Waals surface area contributed by atoms with Gasteiger partial charge in [-0.25, -0.2) is 0 Å². The van der Waals surface area contributed by atoms with E-state index in [0.717, 1.165) is 12.2 Å². The maximum Gasteiger partial charge on any atom is 0.118 e. The number of benzene rings is 1. The van der Waals surface area contributed by atoms with Gasteiger partial charge in [0.15, 0.2) is 0 Å². The molecule has 0 N–H and O–H groups in total. The van der Waals surface area contributed by atoms with Gasteiger partial charge in [-0.15, -0.1) is 11.3 Å². The Kier molecular flexibility index (Phi) is 4.00. The zero-order chi connectivity index (χ0) is 11.2. The van der Waals surface area contributed by atoms with Crippen molar-refractivity contribution in [2.45, 2.75) is 19.3 Å². The van der Waals surface area contributed by atoms with Crippen LogP contribution in [0, 0.1) is 0 Å². The minimum atomic E-state index is 0.932. The third-order valence-corrected chi connectivity index (χ3v) is 3.56. The van der Waals surface area contributed by atoms with Crippen molar-refractivity contribution in [2.75, 3.05) is 7.11 Å². The van der Waals surface area contributed by atoms with Gasteiger partial charge in [0.2, 0.25) is 0 Å². The van der Waals surface area contributed by atoms with Crippen LogP contribution in [0.25, 0.3) is 0 Å². The largest absolute Gasteiger partial charge is 0.497 e. The first-order chi connectivity index (χ1) is 7.88.